The van der Waals surface area contributed by atoms with E-state index in [1.807, 2.05) is 35.8 Å². The van der Waals surface area contributed by atoms with Crippen molar-refractivity contribution in [3.63, 3.8) is 0 Å². The van der Waals surface area contributed by atoms with Crippen LogP contribution in [0.4, 0.5) is 11.4 Å². The molecule has 176 valence electrons. The lowest BCUT2D eigenvalue weighted by atomic mass is 9.87. The molecule has 10 heteroatoms. The van der Waals surface area contributed by atoms with Gasteiger partial charge in [0, 0.05) is 30.6 Å². The van der Waals surface area contributed by atoms with Crippen LogP contribution in [-0.4, -0.2) is 36.0 Å². The minimum absolute atomic E-state index is 0.0466. The van der Waals surface area contributed by atoms with Crippen molar-refractivity contribution in [3.8, 4) is 11.4 Å². The Morgan fingerprint density at radius 1 is 1.18 bits per heavy atom. The average molecular weight is 490 g/mol. The molecular weight excluding hydrogens is 462 g/mol. The summed E-state index contributed by atoms with van der Waals surface area (Å²) in [7, 11) is 0. The first kappa shape index (κ1) is 24.9. The van der Waals surface area contributed by atoms with E-state index in [0.717, 1.165) is 5.56 Å². The lowest BCUT2D eigenvalue weighted by Crippen LogP contribution is -2.25. The highest BCUT2D eigenvalue weighted by Crippen LogP contribution is 2.38. The summed E-state index contributed by atoms with van der Waals surface area (Å²) < 4.78 is 25.9. The van der Waals surface area contributed by atoms with E-state index in [1.165, 1.54) is 11.2 Å². The fourth-order valence-corrected chi connectivity index (χ4v) is 4.27. The first-order valence-electron chi connectivity index (χ1n) is 10.4. The van der Waals surface area contributed by atoms with Gasteiger partial charge in [-0.05, 0) is 48.2 Å². The number of rotatable bonds is 7. The molecule has 3 aromatic rings. The average Bonchev–Trinajstić information content (AvgIpc) is 3.09. The van der Waals surface area contributed by atoms with Crippen molar-refractivity contribution < 1.29 is 13.6 Å². The molecule has 1 amide bonds. The molecule has 0 bridgehead atoms. The normalized spacial score (nSPS) is 12.5. The number of aryl methyl sites for hydroxylation is 1. The third-order valence-corrected chi connectivity index (χ3v) is 6.14. The molecule has 0 spiro atoms. The van der Waals surface area contributed by atoms with Crippen molar-refractivity contribution in [1.29, 1.82) is 0 Å². The van der Waals surface area contributed by atoms with E-state index in [0.29, 0.717) is 46.7 Å². The Balaban J connectivity index is 2.10. The SMILES string of the molecule is CC(=O)NCCn1c(C)nnc1-c1cc(Cl)ccc1N(c1ccc(C(C)(C)C)cc1)S(=O)O. The fraction of sp³-hybridized carbons (Fsp3) is 0.348. The Kier molecular flexibility index (Phi) is 7.56. The molecular formula is C23H28ClN5O3S. The summed E-state index contributed by atoms with van der Waals surface area (Å²) in [6.07, 6.45) is 0. The number of amides is 1. The molecule has 1 heterocycles. The van der Waals surface area contributed by atoms with E-state index in [2.05, 4.69) is 36.3 Å². The molecule has 0 aliphatic rings. The van der Waals surface area contributed by atoms with Crippen LogP contribution in [0.1, 0.15) is 39.1 Å². The van der Waals surface area contributed by atoms with Gasteiger partial charge in [-0.3, -0.25) is 9.35 Å². The Morgan fingerprint density at radius 2 is 1.85 bits per heavy atom. The Hall–Kier alpha value is -2.75. The molecule has 3 rings (SSSR count). The monoisotopic (exact) mass is 489 g/mol. The summed E-state index contributed by atoms with van der Waals surface area (Å²) in [5.74, 6) is 0.996. The second-order valence-electron chi connectivity index (χ2n) is 8.69. The topological polar surface area (TPSA) is 100 Å². The Bertz CT molecular complexity index is 1170. The smallest absolute Gasteiger partial charge is 0.266 e. The maximum Gasteiger partial charge on any atom is 0.266 e. The van der Waals surface area contributed by atoms with Crippen LogP contribution in [0.15, 0.2) is 42.5 Å². The summed E-state index contributed by atoms with van der Waals surface area (Å²) >= 11 is 3.94. The molecule has 1 unspecified atom stereocenters. The van der Waals surface area contributed by atoms with Gasteiger partial charge in [-0.15, -0.1) is 10.2 Å². The Labute approximate surface area is 201 Å². The molecule has 0 aliphatic carbocycles. The number of anilines is 2. The lowest BCUT2D eigenvalue weighted by Gasteiger charge is -2.25. The number of nitrogens with one attached hydrogen (secondary N) is 1. The molecule has 0 radical (unpaired) electrons. The largest absolute Gasteiger partial charge is 0.355 e. The summed E-state index contributed by atoms with van der Waals surface area (Å²) in [4.78, 5) is 11.3. The molecule has 33 heavy (non-hydrogen) atoms. The van der Waals surface area contributed by atoms with Gasteiger partial charge in [-0.25, -0.2) is 8.51 Å². The molecule has 0 aliphatic heterocycles. The second kappa shape index (κ2) is 10.0. The van der Waals surface area contributed by atoms with Crippen molar-refractivity contribution in [2.75, 3.05) is 10.8 Å². The molecule has 1 atom stereocenters. The summed E-state index contributed by atoms with van der Waals surface area (Å²) in [6.45, 7) is 10.4. The van der Waals surface area contributed by atoms with Crippen LogP contribution in [0.2, 0.25) is 5.02 Å². The van der Waals surface area contributed by atoms with E-state index in [4.69, 9.17) is 11.6 Å². The van der Waals surface area contributed by atoms with E-state index in [9.17, 15) is 13.6 Å². The third kappa shape index (κ3) is 5.79. The Morgan fingerprint density at radius 3 is 2.42 bits per heavy atom. The van der Waals surface area contributed by atoms with Crippen LogP contribution in [-0.2, 0) is 28.0 Å². The molecule has 2 N–H and O–H groups in total. The summed E-state index contributed by atoms with van der Waals surface area (Å²) in [6, 6.07) is 12.6. The zero-order valence-corrected chi connectivity index (χ0v) is 20.9. The minimum atomic E-state index is -2.36. The molecule has 1 aromatic heterocycles. The summed E-state index contributed by atoms with van der Waals surface area (Å²) in [5, 5.41) is 11.7. The molecule has 2 aromatic carbocycles. The number of carbonyl (C=O) groups excluding carboxylic acids is 1. The first-order chi connectivity index (χ1) is 15.5. The molecule has 0 saturated carbocycles. The number of benzene rings is 2. The van der Waals surface area contributed by atoms with Gasteiger partial charge in [0.15, 0.2) is 5.82 Å². The number of carbonyl (C=O) groups is 1. The van der Waals surface area contributed by atoms with Gasteiger partial charge >= 0.3 is 0 Å². The van der Waals surface area contributed by atoms with Crippen molar-refractivity contribution in [3.05, 3.63) is 58.9 Å². The quantitative estimate of drug-likeness (QED) is 0.472. The van der Waals surface area contributed by atoms with E-state index in [1.54, 1.807) is 18.2 Å². The number of hydrogen-bond acceptors (Lipinski definition) is 4. The predicted octanol–water partition coefficient (Wildman–Crippen LogP) is 4.62. The highest BCUT2D eigenvalue weighted by molar-refractivity contribution is 7.81. The number of aromatic nitrogens is 3. The van der Waals surface area contributed by atoms with Crippen LogP contribution in [0.5, 0.6) is 0 Å². The molecule has 0 fully saturated rings. The van der Waals surface area contributed by atoms with Gasteiger partial charge in [0.25, 0.3) is 11.3 Å². The minimum Gasteiger partial charge on any atom is -0.355 e. The van der Waals surface area contributed by atoms with Gasteiger partial charge in [0.05, 0.1) is 11.4 Å². The number of hydrogen-bond donors (Lipinski definition) is 2. The van der Waals surface area contributed by atoms with E-state index in [-0.39, 0.29) is 11.3 Å². The van der Waals surface area contributed by atoms with E-state index < -0.39 is 11.3 Å². The van der Waals surface area contributed by atoms with Crippen LogP contribution in [0.25, 0.3) is 11.4 Å². The van der Waals surface area contributed by atoms with E-state index >= 15 is 0 Å². The lowest BCUT2D eigenvalue weighted by molar-refractivity contribution is -0.118. The highest BCUT2D eigenvalue weighted by atomic mass is 35.5. The zero-order chi connectivity index (χ0) is 24.3. The van der Waals surface area contributed by atoms with Gasteiger partial charge in [0.1, 0.15) is 5.82 Å². The second-order valence-corrected chi connectivity index (χ2v) is 9.95. The van der Waals surface area contributed by atoms with Gasteiger partial charge < -0.3 is 9.88 Å². The van der Waals surface area contributed by atoms with Crippen LogP contribution in [0, 0.1) is 6.92 Å². The van der Waals surface area contributed by atoms with Crippen molar-refractivity contribution >= 4 is 40.1 Å². The van der Waals surface area contributed by atoms with Gasteiger partial charge in [-0.1, -0.05) is 44.5 Å². The third-order valence-electron chi connectivity index (χ3n) is 5.19. The fourth-order valence-electron chi connectivity index (χ4n) is 3.47. The van der Waals surface area contributed by atoms with Crippen molar-refractivity contribution in [1.82, 2.24) is 20.1 Å². The summed E-state index contributed by atoms with van der Waals surface area (Å²) in [5.41, 5.74) is 2.62. The standard InChI is InChI=1S/C23H28ClN5O3S/c1-15-26-27-22(28(15)13-12-25-16(2)30)20-14-18(24)8-11-21(20)29(33(31)32)19-9-6-17(7-10-19)23(3,4)5/h6-11,14H,12-13H2,1-5H3,(H,25,30)(H,31,32). The van der Waals surface area contributed by atoms with Gasteiger partial charge in [-0.2, -0.15) is 0 Å². The van der Waals surface area contributed by atoms with Crippen LogP contribution in [0.3, 0.4) is 0 Å². The maximum absolute atomic E-state index is 12.5. The predicted molar refractivity (Wildman–Crippen MR) is 132 cm³/mol. The maximum atomic E-state index is 12.5. The number of nitrogens with zero attached hydrogens (tertiary/aromatic N) is 4. The van der Waals surface area contributed by atoms with Crippen molar-refractivity contribution in [2.45, 2.75) is 46.6 Å². The molecule has 0 saturated heterocycles. The number of halogens is 1. The van der Waals surface area contributed by atoms with Gasteiger partial charge in [0.2, 0.25) is 5.91 Å². The zero-order valence-electron chi connectivity index (χ0n) is 19.3. The van der Waals surface area contributed by atoms with Crippen molar-refractivity contribution in [2.24, 2.45) is 0 Å². The molecule has 8 nitrogen and oxygen atoms in total. The highest BCUT2D eigenvalue weighted by Gasteiger charge is 2.24. The van der Waals surface area contributed by atoms with Crippen LogP contribution < -0.4 is 9.62 Å². The van der Waals surface area contributed by atoms with Crippen LogP contribution >= 0.6 is 11.6 Å². The first-order valence-corrected chi connectivity index (χ1v) is 11.9.